The zero-order valence-corrected chi connectivity index (χ0v) is 17.1. The van der Waals surface area contributed by atoms with Gasteiger partial charge < -0.3 is 19.9 Å². The number of phenols is 1. The topological polar surface area (TPSA) is 84.9 Å². The summed E-state index contributed by atoms with van der Waals surface area (Å²) < 4.78 is 10.7. The summed E-state index contributed by atoms with van der Waals surface area (Å²) >= 11 is 0. The number of ether oxygens (including phenoxy) is 2. The zero-order valence-electron chi connectivity index (χ0n) is 17.1. The monoisotopic (exact) mass is 407 g/mol. The predicted octanol–water partition coefficient (Wildman–Crippen LogP) is 3.80. The van der Waals surface area contributed by atoms with Gasteiger partial charge in [-0.3, -0.25) is 9.59 Å². The lowest BCUT2D eigenvalue weighted by molar-refractivity contribution is -0.122. The highest BCUT2D eigenvalue weighted by Gasteiger charge is 2.38. The molecule has 0 spiro atoms. The van der Waals surface area contributed by atoms with Crippen LogP contribution in [-0.2, 0) is 9.59 Å². The van der Waals surface area contributed by atoms with Crippen molar-refractivity contribution in [2.75, 3.05) is 13.7 Å². The second-order valence-electron chi connectivity index (χ2n) is 7.66. The first kappa shape index (κ1) is 20.0. The van der Waals surface area contributed by atoms with E-state index < -0.39 is 0 Å². The summed E-state index contributed by atoms with van der Waals surface area (Å²) in [6.07, 6.45) is 1.20. The van der Waals surface area contributed by atoms with Gasteiger partial charge in [0.05, 0.1) is 13.7 Å². The van der Waals surface area contributed by atoms with Crippen LogP contribution in [0.4, 0.5) is 0 Å². The Kier molecular flexibility index (Phi) is 5.48. The molecule has 4 rings (SSSR count). The summed E-state index contributed by atoms with van der Waals surface area (Å²) in [5.74, 6) is 0.781. The maximum absolute atomic E-state index is 13.2. The number of phenolic OH excluding ortho intramolecular Hbond substituents is 1. The van der Waals surface area contributed by atoms with Gasteiger partial charge in [-0.25, -0.2) is 0 Å². The standard InChI is InChI=1S/C24H25NO5/c1-3-30-17-7-4-14(5-8-17)16-10-19-24(21(27)11-16)18(13-23(28)25-19)15-6-9-20(26)22(12-15)29-2/h4-9,12,16,18,26H,3,10-11,13H2,1-2H3,(H,25,28). The molecular weight excluding hydrogens is 382 g/mol. The van der Waals surface area contributed by atoms with Crippen LogP contribution in [0.2, 0.25) is 0 Å². The van der Waals surface area contributed by atoms with Gasteiger partial charge in [-0.05, 0) is 54.7 Å². The highest BCUT2D eigenvalue weighted by atomic mass is 16.5. The van der Waals surface area contributed by atoms with Crippen LogP contribution in [0.3, 0.4) is 0 Å². The Balaban J connectivity index is 1.65. The molecular formula is C24H25NO5. The van der Waals surface area contributed by atoms with Crippen LogP contribution in [0, 0.1) is 0 Å². The number of carbonyl (C=O) groups is 2. The molecule has 6 nitrogen and oxygen atoms in total. The first-order valence-corrected chi connectivity index (χ1v) is 10.2. The van der Waals surface area contributed by atoms with E-state index in [0.717, 1.165) is 16.9 Å². The molecule has 2 aromatic carbocycles. The highest BCUT2D eigenvalue weighted by Crippen LogP contribution is 2.44. The van der Waals surface area contributed by atoms with Gasteiger partial charge in [0.1, 0.15) is 5.75 Å². The minimum absolute atomic E-state index is 0.0142. The van der Waals surface area contributed by atoms with Crippen molar-refractivity contribution in [3.8, 4) is 17.2 Å². The van der Waals surface area contributed by atoms with Crippen molar-refractivity contribution < 1.29 is 24.2 Å². The molecule has 0 saturated carbocycles. The van der Waals surface area contributed by atoms with Crippen molar-refractivity contribution in [3.63, 3.8) is 0 Å². The number of allylic oxidation sites excluding steroid dienone is 2. The van der Waals surface area contributed by atoms with E-state index in [1.54, 1.807) is 12.1 Å². The number of amides is 1. The molecule has 0 aromatic heterocycles. The van der Waals surface area contributed by atoms with Crippen LogP contribution in [-0.4, -0.2) is 30.5 Å². The summed E-state index contributed by atoms with van der Waals surface area (Å²) in [5, 5.41) is 12.8. The maximum Gasteiger partial charge on any atom is 0.225 e. The fraction of sp³-hybridized carbons (Fsp3) is 0.333. The molecule has 2 atom stereocenters. The van der Waals surface area contributed by atoms with Crippen LogP contribution < -0.4 is 14.8 Å². The minimum Gasteiger partial charge on any atom is -0.504 e. The molecule has 2 aliphatic rings. The second-order valence-corrected chi connectivity index (χ2v) is 7.66. The van der Waals surface area contributed by atoms with Crippen molar-refractivity contribution in [2.45, 2.75) is 38.0 Å². The lowest BCUT2D eigenvalue weighted by atomic mass is 9.73. The van der Waals surface area contributed by atoms with Crippen molar-refractivity contribution in [1.82, 2.24) is 5.32 Å². The fourth-order valence-electron chi connectivity index (χ4n) is 4.39. The summed E-state index contributed by atoms with van der Waals surface area (Å²) in [6.45, 7) is 2.54. The van der Waals surface area contributed by atoms with Gasteiger partial charge in [-0.15, -0.1) is 0 Å². The number of hydrogen-bond acceptors (Lipinski definition) is 5. The third-order valence-corrected chi connectivity index (χ3v) is 5.80. The number of Topliss-reactive ketones (excluding diaryl/α,β-unsaturated/α-hetero) is 1. The van der Waals surface area contributed by atoms with Crippen molar-refractivity contribution in [2.24, 2.45) is 0 Å². The lowest BCUT2D eigenvalue weighted by Crippen LogP contribution is -2.38. The van der Waals surface area contributed by atoms with Crippen molar-refractivity contribution in [1.29, 1.82) is 0 Å². The molecule has 0 fully saturated rings. The molecule has 0 radical (unpaired) electrons. The van der Waals surface area contributed by atoms with Crippen LogP contribution >= 0.6 is 0 Å². The lowest BCUT2D eigenvalue weighted by Gasteiger charge is -2.34. The van der Waals surface area contributed by atoms with Crippen molar-refractivity contribution in [3.05, 3.63) is 64.9 Å². The third kappa shape index (κ3) is 3.77. The number of methoxy groups -OCH3 is 1. The molecule has 1 heterocycles. The molecule has 1 aliphatic carbocycles. The van der Waals surface area contributed by atoms with E-state index in [0.29, 0.717) is 36.5 Å². The number of nitrogens with one attached hydrogen (secondary N) is 1. The van der Waals surface area contributed by atoms with Crippen molar-refractivity contribution >= 4 is 11.7 Å². The predicted molar refractivity (Wildman–Crippen MR) is 112 cm³/mol. The van der Waals surface area contributed by atoms with Crippen LogP contribution in [0.25, 0.3) is 0 Å². The smallest absolute Gasteiger partial charge is 0.225 e. The molecule has 1 aliphatic heterocycles. The highest BCUT2D eigenvalue weighted by molar-refractivity contribution is 6.02. The van der Waals surface area contributed by atoms with E-state index >= 15 is 0 Å². The van der Waals surface area contributed by atoms with Gasteiger partial charge in [0.25, 0.3) is 0 Å². The summed E-state index contributed by atoms with van der Waals surface area (Å²) in [5.41, 5.74) is 3.23. The maximum atomic E-state index is 13.2. The van der Waals surface area contributed by atoms with E-state index in [-0.39, 0.29) is 35.7 Å². The van der Waals surface area contributed by atoms with Gasteiger partial charge in [0.15, 0.2) is 17.3 Å². The Morgan fingerprint density at radius 2 is 1.77 bits per heavy atom. The summed E-state index contributed by atoms with van der Waals surface area (Å²) in [4.78, 5) is 25.6. The number of rotatable bonds is 5. The molecule has 0 bridgehead atoms. The molecule has 1 amide bonds. The van der Waals surface area contributed by atoms with Crippen LogP contribution in [0.1, 0.15) is 49.1 Å². The largest absolute Gasteiger partial charge is 0.504 e. The molecule has 156 valence electrons. The Hall–Kier alpha value is -3.28. The Morgan fingerprint density at radius 1 is 1.03 bits per heavy atom. The molecule has 6 heteroatoms. The normalized spacial score (nSPS) is 21.1. The number of aromatic hydroxyl groups is 1. The van der Waals surface area contributed by atoms with Gasteiger partial charge >= 0.3 is 0 Å². The minimum atomic E-state index is -0.336. The first-order valence-electron chi connectivity index (χ1n) is 10.2. The number of carbonyl (C=O) groups excluding carboxylic acids is 2. The van der Waals surface area contributed by atoms with E-state index in [2.05, 4.69) is 5.32 Å². The zero-order chi connectivity index (χ0) is 21.3. The molecule has 30 heavy (non-hydrogen) atoms. The quantitative estimate of drug-likeness (QED) is 0.787. The SMILES string of the molecule is CCOc1ccc(C2CC(=O)C3=C(C2)NC(=O)CC3c2ccc(O)c(OC)c2)cc1. The second kappa shape index (κ2) is 8.22. The van der Waals surface area contributed by atoms with Crippen LogP contribution in [0.15, 0.2) is 53.7 Å². The van der Waals surface area contributed by atoms with E-state index in [1.807, 2.05) is 31.2 Å². The number of ketones is 1. The molecule has 2 aromatic rings. The Morgan fingerprint density at radius 3 is 2.47 bits per heavy atom. The average Bonchev–Trinajstić information content (AvgIpc) is 2.74. The first-order chi connectivity index (χ1) is 14.5. The number of benzene rings is 2. The summed E-state index contributed by atoms with van der Waals surface area (Å²) in [7, 11) is 1.48. The van der Waals surface area contributed by atoms with E-state index in [4.69, 9.17) is 9.47 Å². The third-order valence-electron chi connectivity index (χ3n) is 5.80. The van der Waals surface area contributed by atoms with E-state index in [9.17, 15) is 14.7 Å². The molecule has 2 N–H and O–H groups in total. The Bertz CT molecular complexity index is 1010. The van der Waals surface area contributed by atoms with Gasteiger partial charge in [0, 0.05) is 30.0 Å². The fourth-order valence-corrected chi connectivity index (χ4v) is 4.39. The van der Waals surface area contributed by atoms with Gasteiger partial charge in [-0.1, -0.05) is 18.2 Å². The van der Waals surface area contributed by atoms with Gasteiger partial charge in [0.2, 0.25) is 5.91 Å². The summed E-state index contributed by atoms with van der Waals surface area (Å²) in [6, 6.07) is 12.8. The average molecular weight is 407 g/mol. The molecule has 0 saturated heterocycles. The van der Waals surface area contributed by atoms with Gasteiger partial charge in [-0.2, -0.15) is 0 Å². The number of hydrogen-bond donors (Lipinski definition) is 2. The molecule has 2 unspecified atom stereocenters. The van der Waals surface area contributed by atoms with E-state index in [1.165, 1.54) is 13.2 Å². The Labute approximate surface area is 175 Å². The van der Waals surface area contributed by atoms with Crippen LogP contribution in [0.5, 0.6) is 17.2 Å².